The molecule has 0 fully saturated rings. The molecule has 1 aromatic heterocycles. The molecule has 21 heavy (non-hydrogen) atoms. The van der Waals surface area contributed by atoms with Gasteiger partial charge in [-0.1, -0.05) is 50.0 Å². The van der Waals surface area contributed by atoms with E-state index in [1.807, 2.05) is 25.2 Å². The first-order chi connectivity index (χ1) is 9.81. The predicted molar refractivity (Wildman–Crippen MR) is 90.0 cm³/mol. The minimum atomic E-state index is -0.151. The smallest absolute Gasteiger partial charge is 0.138 e. The van der Waals surface area contributed by atoms with Crippen LogP contribution in [0.3, 0.4) is 0 Å². The Hall–Kier alpha value is -1.52. The SMILES string of the molecule is CNc1cc(Nc2cccc(Cl)c2Cl)nc(C(C)(C)C)n1. The Morgan fingerprint density at radius 3 is 2.33 bits per heavy atom. The van der Waals surface area contributed by atoms with Crippen molar-refractivity contribution in [2.24, 2.45) is 0 Å². The van der Waals surface area contributed by atoms with Crippen molar-refractivity contribution in [3.63, 3.8) is 0 Å². The van der Waals surface area contributed by atoms with E-state index in [0.29, 0.717) is 21.6 Å². The third-order valence-corrected chi connectivity index (χ3v) is 3.69. The lowest BCUT2D eigenvalue weighted by atomic mass is 9.96. The number of nitrogens with zero attached hydrogens (tertiary/aromatic N) is 2. The molecular formula is C15H18Cl2N4. The van der Waals surface area contributed by atoms with Gasteiger partial charge in [-0.25, -0.2) is 9.97 Å². The number of benzene rings is 1. The van der Waals surface area contributed by atoms with Crippen molar-refractivity contribution in [3.05, 3.63) is 40.1 Å². The van der Waals surface area contributed by atoms with E-state index in [9.17, 15) is 0 Å². The van der Waals surface area contributed by atoms with Gasteiger partial charge in [-0.3, -0.25) is 0 Å². The largest absolute Gasteiger partial charge is 0.373 e. The molecule has 112 valence electrons. The van der Waals surface area contributed by atoms with Gasteiger partial charge in [0.15, 0.2) is 0 Å². The van der Waals surface area contributed by atoms with Gasteiger partial charge in [0.05, 0.1) is 15.7 Å². The topological polar surface area (TPSA) is 49.8 Å². The second-order valence-electron chi connectivity index (χ2n) is 5.69. The summed E-state index contributed by atoms with van der Waals surface area (Å²) in [5.41, 5.74) is 0.561. The van der Waals surface area contributed by atoms with Gasteiger partial charge >= 0.3 is 0 Å². The van der Waals surface area contributed by atoms with Crippen LogP contribution in [0, 0.1) is 0 Å². The van der Waals surface area contributed by atoms with Gasteiger partial charge in [0.2, 0.25) is 0 Å². The fourth-order valence-electron chi connectivity index (χ4n) is 1.71. The second-order valence-corrected chi connectivity index (χ2v) is 6.47. The lowest BCUT2D eigenvalue weighted by molar-refractivity contribution is 0.547. The summed E-state index contributed by atoms with van der Waals surface area (Å²) in [7, 11) is 1.82. The highest BCUT2D eigenvalue weighted by molar-refractivity contribution is 6.43. The lowest BCUT2D eigenvalue weighted by Crippen LogP contribution is -2.17. The summed E-state index contributed by atoms with van der Waals surface area (Å²) in [4.78, 5) is 9.04. The van der Waals surface area contributed by atoms with E-state index in [-0.39, 0.29) is 5.41 Å². The number of anilines is 3. The fraction of sp³-hybridized carbons (Fsp3) is 0.333. The Morgan fingerprint density at radius 2 is 1.71 bits per heavy atom. The quantitative estimate of drug-likeness (QED) is 0.845. The van der Waals surface area contributed by atoms with Gasteiger partial charge in [-0.2, -0.15) is 0 Å². The Morgan fingerprint density at radius 1 is 1.05 bits per heavy atom. The Labute approximate surface area is 134 Å². The highest BCUT2D eigenvalue weighted by Crippen LogP contribution is 2.32. The van der Waals surface area contributed by atoms with Crippen LogP contribution in [0.25, 0.3) is 0 Å². The normalized spacial score (nSPS) is 11.3. The zero-order valence-electron chi connectivity index (χ0n) is 12.5. The highest BCUT2D eigenvalue weighted by Gasteiger charge is 2.19. The van der Waals surface area contributed by atoms with E-state index >= 15 is 0 Å². The number of hydrogen-bond donors (Lipinski definition) is 2. The Bertz CT molecular complexity index is 651. The highest BCUT2D eigenvalue weighted by atomic mass is 35.5. The molecule has 0 aliphatic heterocycles. The van der Waals surface area contributed by atoms with Crippen LogP contribution in [0.15, 0.2) is 24.3 Å². The van der Waals surface area contributed by atoms with Crippen molar-refractivity contribution in [2.75, 3.05) is 17.7 Å². The van der Waals surface area contributed by atoms with Gasteiger partial charge in [0, 0.05) is 18.5 Å². The molecule has 2 N–H and O–H groups in total. The lowest BCUT2D eigenvalue weighted by Gasteiger charge is -2.19. The molecular weight excluding hydrogens is 307 g/mol. The minimum Gasteiger partial charge on any atom is -0.373 e. The summed E-state index contributed by atoms with van der Waals surface area (Å²) in [6, 6.07) is 7.26. The van der Waals surface area contributed by atoms with Crippen molar-refractivity contribution >= 4 is 40.5 Å². The van der Waals surface area contributed by atoms with Crippen LogP contribution in [-0.4, -0.2) is 17.0 Å². The standard InChI is InChI=1S/C15H18Cl2N4/c1-15(2,3)14-20-11(18-4)8-12(21-14)19-10-7-5-6-9(16)13(10)17/h5-8H,1-4H3,(H2,18,19,20,21). The molecule has 0 unspecified atom stereocenters. The molecule has 0 radical (unpaired) electrons. The summed E-state index contributed by atoms with van der Waals surface area (Å²) in [6.07, 6.45) is 0. The monoisotopic (exact) mass is 324 g/mol. The van der Waals surface area contributed by atoms with Crippen molar-refractivity contribution < 1.29 is 0 Å². The molecule has 0 spiro atoms. The summed E-state index contributed by atoms with van der Waals surface area (Å²) < 4.78 is 0. The van der Waals surface area contributed by atoms with E-state index in [2.05, 4.69) is 41.4 Å². The number of nitrogens with one attached hydrogen (secondary N) is 2. The van der Waals surface area contributed by atoms with E-state index in [1.165, 1.54) is 0 Å². The zero-order valence-corrected chi connectivity index (χ0v) is 14.0. The maximum atomic E-state index is 6.19. The molecule has 2 rings (SSSR count). The molecule has 4 nitrogen and oxygen atoms in total. The minimum absolute atomic E-state index is 0.151. The molecule has 0 aliphatic rings. The zero-order chi connectivity index (χ0) is 15.6. The molecule has 0 aliphatic carbocycles. The van der Waals surface area contributed by atoms with Crippen molar-refractivity contribution in [1.29, 1.82) is 0 Å². The van der Waals surface area contributed by atoms with Crippen LogP contribution in [0.1, 0.15) is 26.6 Å². The van der Waals surface area contributed by atoms with Crippen LogP contribution in [0.4, 0.5) is 17.3 Å². The molecule has 6 heteroatoms. The average molecular weight is 325 g/mol. The first kappa shape index (κ1) is 15.9. The van der Waals surface area contributed by atoms with Gasteiger partial charge in [-0.15, -0.1) is 0 Å². The molecule has 0 atom stereocenters. The third kappa shape index (κ3) is 3.77. The third-order valence-electron chi connectivity index (χ3n) is 2.87. The molecule has 0 saturated heterocycles. The summed E-state index contributed by atoms with van der Waals surface area (Å²) in [5.74, 6) is 2.16. The van der Waals surface area contributed by atoms with Crippen LogP contribution in [0.2, 0.25) is 10.0 Å². The van der Waals surface area contributed by atoms with Crippen LogP contribution < -0.4 is 10.6 Å². The Balaban J connectivity index is 2.42. The molecule has 1 aromatic carbocycles. The maximum absolute atomic E-state index is 6.19. The van der Waals surface area contributed by atoms with E-state index < -0.39 is 0 Å². The average Bonchev–Trinajstić information content (AvgIpc) is 2.42. The van der Waals surface area contributed by atoms with Gasteiger partial charge < -0.3 is 10.6 Å². The van der Waals surface area contributed by atoms with Gasteiger partial charge in [-0.05, 0) is 12.1 Å². The number of aromatic nitrogens is 2. The van der Waals surface area contributed by atoms with Crippen molar-refractivity contribution in [2.45, 2.75) is 26.2 Å². The van der Waals surface area contributed by atoms with E-state index in [1.54, 1.807) is 6.07 Å². The summed E-state index contributed by atoms with van der Waals surface area (Å²) >= 11 is 12.2. The van der Waals surface area contributed by atoms with Crippen LogP contribution in [-0.2, 0) is 5.41 Å². The first-order valence-electron chi connectivity index (χ1n) is 6.59. The maximum Gasteiger partial charge on any atom is 0.138 e. The van der Waals surface area contributed by atoms with Crippen molar-refractivity contribution in [1.82, 2.24) is 9.97 Å². The van der Waals surface area contributed by atoms with E-state index in [0.717, 1.165) is 11.6 Å². The predicted octanol–water partition coefficient (Wildman–Crippen LogP) is 4.87. The molecule has 0 bridgehead atoms. The number of hydrogen-bond acceptors (Lipinski definition) is 4. The first-order valence-corrected chi connectivity index (χ1v) is 7.35. The number of rotatable bonds is 3. The van der Waals surface area contributed by atoms with E-state index in [4.69, 9.17) is 23.2 Å². The Kier molecular flexibility index (Phi) is 4.59. The fourth-order valence-corrected chi connectivity index (χ4v) is 2.06. The van der Waals surface area contributed by atoms with Crippen LogP contribution >= 0.6 is 23.2 Å². The van der Waals surface area contributed by atoms with Crippen LogP contribution in [0.5, 0.6) is 0 Å². The number of halogens is 2. The molecule has 1 heterocycles. The van der Waals surface area contributed by atoms with Gasteiger partial charge in [0.1, 0.15) is 17.5 Å². The molecule has 0 amide bonds. The van der Waals surface area contributed by atoms with Gasteiger partial charge in [0.25, 0.3) is 0 Å². The van der Waals surface area contributed by atoms with Crippen molar-refractivity contribution in [3.8, 4) is 0 Å². The summed E-state index contributed by atoms with van der Waals surface area (Å²) in [5, 5.41) is 7.21. The molecule has 2 aromatic rings. The molecule has 0 saturated carbocycles. The summed E-state index contributed by atoms with van der Waals surface area (Å²) in [6.45, 7) is 6.20. The second kappa shape index (κ2) is 6.08.